The topological polar surface area (TPSA) is 74.6 Å². The molecule has 0 amide bonds. The summed E-state index contributed by atoms with van der Waals surface area (Å²) in [7, 11) is 0. The van der Waals surface area contributed by atoms with E-state index in [0.29, 0.717) is 0 Å². The zero-order chi connectivity index (χ0) is 12.2. The van der Waals surface area contributed by atoms with Crippen LogP contribution in [-0.4, -0.2) is 22.2 Å². The van der Waals surface area contributed by atoms with Crippen molar-refractivity contribution >= 4 is 11.9 Å². The molecule has 0 atom stereocenters. The molecule has 0 aromatic carbocycles. The fourth-order valence-corrected chi connectivity index (χ4v) is 1.92. The van der Waals surface area contributed by atoms with Gasteiger partial charge < -0.3 is 10.2 Å². The lowest BCUT2D eigenvalue weighted by Crippen LogP contribution is -2.41. The Kier molecular flexibility index (Phi) is 4.78. The van der Waals surface area contributed by atoms with Crippen LogP contribution in [-0.2, 0) is 9.59 Å². The van der Waals surface area contributed by atoms with Crippen molar-refractivity contribution in [3.63, 3.8) is 0 Å². The summed E-state index contributed by atoms with van der Waals surface area (Å²) in [5.41, 5.74) is -1.62. The standard InChI is InChI=1S/C11H20O4/c1-7(2)5-11(9(12)13,10(14)15)6-8(3)4/h7-8H,5-6H2,1-4H3,(H,12,13)(H,14,15). The number of carboxylic acid groups (broad SMARTS) is 2. The van der Waals surface area contributed by atoms with E-state index in [4.69, 9.17) is 10.2 Å². The fourth-order valence-electron chi connectivity index (χ4n) is 1.92. The van der Waals surface area contributed by atoms with Crippen molar-refractivity contribution < 1.29 is 19.8 Å². The summed E-state index contributed by atoms with van der Waals surface area (Å²) < 4.78 is 0. The summed E-state index contributed by atoms with van der Waals surface area (Å²) in [5.74, 6) is -2.35. The number of rotatable bonds is 6. The molecule has 2 N–H and O–H groups in total. The van der Waals surface area contributed by atoms with Crippen LogP contribution in [0.5, 0.6) is 0 Å². The highest BCUT2D eigenvalue weighted by Crippen LogP contribution is 2.34. The molecule has 4 nitrogen and oxygen atoms in total. The van der Waals surface area contributed by atoms with E-state index in [1.807, 2.05) is 27.7 Å². The van der Waals surface area contributed by atoms with Crippen LogP contribution < -0.4 is 0 Å². The molecule has 0 aromatic heterocycles. The van der Waals surface area contributed by atoms with Gasteiger partial charge in [-0.1, -0.05) is 27.7 Å². The highest BCUT2D eigenvalue weighted by molar-refractivity contribution is 5.98. The molecule has 0 aromatic rings. The number of hydrogen-bond acceptors (Lipinski definition) is 2. The molecule has 0 aliphatic rings. The van der Waals surface area contributed by atoms with Gasteiger partial charge in [0.05, 0.1) is 0 Å². The van der Waals surface area contributed by atoms with Crippen molar-refractivity contribution in [1.29, 1.82) is 0 Å². The molecule has 0 radical (unpaired) electrons. The van der Waals surface area contributed by atoms with Crippen LogP contribution in [0, 0.1) is 17.3 Å². The van der Waals surface area contributed by atoms with E-state index in [1.165, 1.54) is 0 Å². The van der Waals surface area contributed by atoms with E-state index < -0.39 is 17.4 Å². The first-order valence-corrected chi connectivity index (χ1v) is 5.19. The fraction of sp³-hybridized carbons (Fsp3) is 0.818. The Hall–Kier alpha value is -1.06. The summed E-state index contributed by atoms with van der Waals surface area (Å²) in [5, 5.41) is 18.2. The minimum absolute atomic E-state index is 0.0518. The summed E-state index contributed by atoms with van der Waals surface area (Å²) in [4.78, 5) is 22.3. The molecule has 0 saturated carbocycles. The normalized spacial score (nSPS) is 12.1. The second kappa shape index (κ2) is 5.14. The van der Waals surface area contributed by atoms with E-state index in [2.05, 4.69) is 0 Å². The third-order valence-electron chi connectivity index (χ3n) is 2.33. The van der Waals surface area contributed by atoms with Gasteiger partial charge in [-0.2, -0.15) is 0 Å². The maximum absolute atomic E-state index is 11.2. The summed E-state index contributed by atoms with van der Waals surface area (Å²) in [6, 6.07) is 0. The molecular weight excluding hydrogens is 196 g/mol. The SMILES string of the molecule is CC(C)CC(CC(C)C)(C(=O)O)C(=O)O. The number of hydrogen-bond donors (Lipinski definition) is 2. The van der Waals surface area contributed by atoms with E-state index in [9.17, 15) is 9.59 Å². The second-order valence-electron chi connectivity index (χ2n) is 4.89. The first-order chi connectivity index (χ1) is 6.72. The minimum Gasteiger partial charge on any atom is -0.480 e. The first kappa shape index (κ1) is 13.9. The molecule has 0 spiro atoms. The van der Waals surface area contributed by atoms with Crippen molar-refractivity contribution in [2.75, 3.05) is 0 Å². The van der Waals surface area contributed by atoms with Gasteiger partial charge in [-0.05, 0) is 24.7 Å². The highest BCUT2D eigenvalue weighted by atomic mass is 16.4. The van der Waals surface area contributed by atoms with E-state index in [1.54, 1.807) is 0 Å². The summed E-state index contributed by atoms with van der Waals surface area (Å²) >= 11 is 0. The summed E-state index contributed by atoms with van der Waals surface area (Å²) in [6.07, 6.45) is 0.353. The third-order valence-corrected chi connectivity index (χ3v) is 2.33. The lowest BCUT2D eigenvalue weighted by molar-refractivity contribution is -0.167. The predicted octanol–water partition coefficient (Wildman–Crippen LogP) is 2.23. The molecule has 0 bridgehead atoms. The molecule has 0 fully saturated rings. The van der Waals surface area contributed by atoms with E-state index in [0.717, 1.165) is 0 Å². The van der Waals surface area contributed by atoms with Crippen LogP contribution in [0.4, 0.5) is 0 Å². The van der Waals surface area contributed by atoms with Crippen LogP contribution in [0.15, 0.2) is 0 Å². The van der Waals surface area contributed by atoms with Crippen LogP contribution in [0.1, 0.15) is 40.5 Å². The van der Waals surface area contributed by atoms with Crippen molar-refractivity contribution in [2.45, 2.75) is 40.5 Å². The zero-order valence-corrected chi connectivity index (χ0v) is 9.78. The highest BCUT2D eigenvalue weighted by Gasteiger charge is 2.46. The van der Waals surface area contributed by atoms with E-state index in [-0.39, 0.29) is 24.7 Å². The molecule has 0 aliphatic carbocycles. The Morgan fingerprint density at radius 3 is 1.33 bits per heavy atom. The second-order valence-corrected chi connectivity index (χ2v) is 4.89. The number of carboxylic acids is 2. The molecule has 4 heteroatoms. The van der Waals surface area contributed by atoms with Crippen LogP contribution in [0.25, 0.3) is 0 Å². The maximum Gasteiger partial charge on any atom is 0.321 e. The van der Waals surface area contributed by atoms with Gasteiger partial charge in [-0.15, -0.1) is 0 Å². The van der Waals surface area contributed by atoms with Crippen molar-refractivity contribution in [1.82, 2.24) is 0 Å². The van der Waals surface area contributed by atoms with Crippen LogP contribution >= 0.6 is 0 Å². The molecule has 0 unspecified atom stereocenters. The minimum atomic E-state index is -1.62. The van der Waals surface area contributed by atoms with Gasteiger partial charge in [0.25, 0.3) is 0 Å². The van der Waals surface area contributed by atoms with Crippen molar-refractivity contribution in [2.24, 2.45) is 17.3 Å². The van der Waals surface area contributed by atoms with Crippen molar-refractivity contribution in [3.05, 3.63) is 0 Å². The van der Waals surface area contributed by atoms with Crippen LogP contribution in [0.2, 0.25) is 0 Å². The Morgan fingerprint density at radius 2 is 1.20 bits per heavy atom. The maximum atomic E-state index is 11.2. The van der Waals surface area contributed by atoms with Crippen LogP contribution in [0.3, 0.4) is 0 Å². The van der Waals surface area contributed by atoms with Gasteiger partial charge in [0.2, 0.25) is 0 Å². The Bertz CT molecular complexity index is 217. The molecule has 0 heterocycles. The lowest BCUT2D eigenvalue weighted by atomic mass is 9.74. The molecule has 0 saturated heterocycles. The molecule has 15 heavy (non-hydrogen) atoms. The third kappa shape index (κ3) is 3.53. The monoisotopic (exact) mass is 216 g/mol. The molecular formula is C11H20O4. The van der Waals surface area contributed by atoms with Gasteiger partial charge in [0, 0.05) is 0 Å². The van der Waals surface area contributed by atoms with Gasteiger partial charge in [0.1, 0.15) is 0 Å². The smallest absolute Gasteiger partial charge is 0.321 e. The number of aliphatic carboxylic acids is 2. The van der Waals surface area contributed by atoms with Crippen molar-refractivity contribution in [3.8, 4) is 0 Å². The zero-order valence-electron chi connectivity index (χ0n) is 9.78. The lowest BCUT2D eigenvalue weighted by Gasteiger charge is -2.28. The Labute approximate surface area is 90.3 Å². The van der Waals surface area contributed by atoms with Gasteiger partial charge in [-0.25, -0.2) is 0 Å². The first-order valence-electron chi connectivity index (χ1n) is 5.19. The molecule has 88 valence electrons. The van der Waals surface area contributed by atoms with Gasteiger partial charge >= 0.3 is 11.9 Å². The molecule has 0 aliphatic heterocycles. The quantitative estimate of drug-likeness (QED) is 0.668. The average molecular weight is 216 g/mol. The Morgan fingerprint density at radius 1 is 0.933 bits per heavy atom. The largest absolute Gasteiger partial charge is 0.480 e. The molecule has 0 rings (SSSR count). The van der Waals surface area contributed by atoms with Gasteiger partial charge in [-0.3, -0.25) is 9.59 Å². The summed E-state index contributed by atoms with van der Waals surface area (Å²) in [6.45, 7) is 7.34. The average Bonchev–Trinajstić information content (AvgIpc) is 1.99. The van der Waals surface area contributed by atoms with Gasteiger partial charge in [0.15, 0.2) is 5.41 Å². The van der Waals surface area contributed by atoms with E-state index >= 15 is 0 Å². The number of carbonyl (C=O) groups is 2. The predicted molar refractivity (Wildman–Crippen MR) is 56.6 cm³/mol. The Balaban J connectivity index is 5.08.